The summed E-state index contributed by atoms with van der Waals surface area (Å²) in [7, 11) is 0. The van der Waals surface area contributed by atoms with Crippen molar-refractivity contribution in [2.75, 3.05) is 5.32 Å². The van der Waals surface area contributed by atoms with E-state index in [1.807, 2.05) is 0 Å². The van der Waals surface area contributed by atoms with E-state index in [1.54, 1.807) is 36.4 Å². The summed E-state index contributed by atoms with van der Waals surface area (Å²) in [6, 6.07) is 11.6. The molecule has 8 heteroatoms. The van der Waals surface area contributed by atoms with E-state index < -0.39 is 5.25 Å². The van der Waals surface area contributed by atoms with Gasteiger partial charge < -0.3 is 10.4 Å². The second-order valence-corrected chi connectivity index (χ2v) is 7.40. The number of benzene rings is 2. The number of nitrogens with one attached hydrogen (secondary N) is 2. The van der Waals surface area contributed by atoms with Crippen LogP contribution in [0.25, 0.3) is 0 Å². The first kappa shape index (κ1) is 18.3. The Morgan fingerprint density at radius 1 is 1.15 bits per heavy atom. The highest BCUT2D eigenvalue weighted by atomic mass is 35.5. The predicted molar refractivity (Wildman–Crippen MR) is 101 cm³/mol. The molecule has 3 rings (SSSR count). The number of hydrogen-bond donors (Lipinski definition) is 3. The van der Waals surface area contributed by atoms with Gasteiger partial charge in [-0.1, -0.05) is 41.6 Å². The Morgan fingerprint density at radius 2 is 1.85 bits per heavy atom. The molecule has 1 heterocycles. The molecular formula is C18H15ClN2O4S. The van der Waals surface area contributed by atoms with Crippen LogP contribution in [0.5, 0.6) is 5.75 Å². The summed E-state index contributed by atoms with van der Waals surface area (Å²) in [6.45, 7) is 0. The Labute approximate surface area is 158 Å². The van der Waals surface area contributed by atoms with Gasteiger partial charge in [0.15, 0.2) is 0 Å². The number of amides is 3. The first-order valence-corrected chi connectivity index (χ1v) is 9.04. The number of carbonyl (C=O) groups excluding carboxylic acids is 3. The number of aromatic hydroxyl groups is 1. The minimum atomic E-state index is -0.510. The molecule has 6 nitrogen and oxygen atoms in total. The molecule has 1 aliphatic rings. The van der Waals surface area contributed by atoms with Gasteiger partial charge in [-0.05, 0) is 41.8 Å². The zero-order chi connectivity index (χ0) is 18.7. The summed E-state index contributed by atoms with van der Waals surface area (Å²) in [5.41, 5.74) is 1.78. The van der Waals surface area contributed by atoms with Crippen LogP contribution in [0.1, 0.15) is 11.1 Å². The number of halogens is 1. The van der Waals surface area contributed by atoms with Crippen LogP contribution in [0.15, 0.2) is 42.5 Å². The van der Waals surface area contributed by atoms with Crippen molar-refractivity contribution >= 4 is 46.1 Å². The lowest BCUT2D eigenvalue weighted by molar-refractivity contribution is -0.119. The van der Waals surface area contributed by atoms with Gasteiger partial charge in [0, 0.05) is 5.02 Å². The van der Waals surface area contributed by atoms with Crippen LogP contribution in [0.2, 0.25) is 5.02 Å². The molecular weight excluding hydrogens is 376 g/mol. The van der Waals surface area contributed by atoms with Crippen molar-refractivity contribution < 1.29 is 19.5 Å². The number of phenolic OH excluding ortho intramolecular Hbond substituents is 1. The lowest BCUT2D eigenvalue weighted by Crippen LogP contribution is -2.25. The van der Waals surface area contributed by atoms with Crippen LogP contribution in [-0.2, 0) is 22.4 Å². The predicted octanol–water partition coefficient (Wildman–Crippen LogP) is 3.12. The highest BCUT2D eigenvalue weighted by Gasteiger charge is 2.31. The summed E-state index contributed by atoms with van der Waals surface area (Å²) in [5.74, 6) is -0.692. The van der Waals surface area contributed by atoms with Crippen molar-refractivity contribution in [2.24, 2.45) is 0 Å². The van der Waals surface area contributed by atoms with Crippen LogP contribution in [0, 0.1) is 0 Å². The van der Waals surface area contributed by atoms with E-state index in [1.165, 1.54) is 6.07 Å². The number of anilines is 1. The van der Waals surface area contributed by atoms with Crippen molar-refractivity contribution in [3.8, 4) is 5.75 Å². The molecule has 134 valence electrons. The number of imide groups is 1. The van der Waals surface area contributed by atoms with Gasteiger partial charge in [-0.15, -0.1) is 0 Å². The fourth-order valence-corrected chi connectivity index (χ4v) is 3.52. The van der Waals surface area contributed by atoms with Crippen molar-refractivity contribution in [1.29, 1.82) is 0 Å². The van der Waals surface area contributed by atoms with E-state index in [9.17, 15) is 19.5 Å². The maximum Gasteiger partial charge on any atom is 0.286 e. The van der Waals surface area contributed by atoms with Crippen molar-refractivity contribution in [3.63, 3.8) is 0 Å². The highest BCUT2D eigenvalue weighted by molar-refractivity contribution is 8.15. The van der Waals surface area contributed by atoms with Gasteiger partial charge in [0.05, 0.1) is 17.4 Å². The molecule has 1 fully saturated rings. The molecule has 3 N–H and O–H groups in total. The van der Waals surface area contributed by atoms with Gasteiger partial charge in [-0.2, -0.15) is 0 Å². The lowest BCUT2D eigenvalue weighted by Gasteiger charge is -2.11. The van der Waals surface area contributed by atoms with Crippen LogP contribution in [0.4, 0.5) is 10.5 Å². The number of rotatable bonds is 5. The van der Waals surface area contributed by atoms with Crippen LogP contribution < -0.4 is 10.6 Å². The lowest BCUT2D eigenvalue weighted by atomic mass is 10.1. The summed E-state index contributed by atoms with van der Waals surface area (Å²) in [4.78, 5) is 35.1. The van der Waals surface area contributed by atoms with E-state index in [0.717, 1.165) is 22.9 Å². The molecule has 1 atom stereocenters. The average Bonchev–Trinajstić information content (AvgIpc) is 2.90. The molecule has 3 amide bonds. The molecule has 2 aromatic carbocycles. The Morgan fingerprint density at radius 3 is 2.50 bits per heavy atom. The van der Waals surface area contributed by atoms with Crippen molar-refractivity contribution in [1.82, 2.24) is 5.32 Å². The standard InChI is InChI=1S/C18H15ClN2O4S/c19-12-4-1-10(2-5-12)9-16(23)20-13-7-11(3-6-14(13)22)8-15-17(24)21-18(25)26-15/h1-7,15,22H,8-9H2,(H,20,23)(H,21,24,25). The fraction of sp³-hybridized carbons (Fsp3) is 0.167. The molecule has 1 unspecified atom stereocenters. The molecule has 0 aromatic heterocycles. The van der Waals surface area contributed by atoms with E-state index in [4.69, 9.17) is 11.6 Å². The molecule has 0 spiro atoms. The molecule has 0 saturated carbocycles. The van der Waals surface area contributed by atoms with E-state index in [0.29, 0.717) is 11.4 Å². The molecule has 1 saturated heterocycles. The van der Waals surface area contributed by atoms with Gasteiger partial charge >= 0.3 is 0 Å². The van der Waals surface area contributed by atoms with Crippen LogP contribution in [-0.4, -0.2) is 27.4 Å². The second-order valence-electron chi connectivity index (χ2n) is 5.79. The smallest absolute Gasteiger partial charge is 0.286 e. The quantitative estimate of drug-likeness (QED) is 0.682. The zero-order valence-corrected chi connectivity index (χ0v) is 15.1. The topological polar surface area (TPSA) is 95.5 Å². The molecule has 0 aliphatic carbocycles. The number of hydrogen-bond acceptors (Lipinski definition) is 5. The van der Waals surface area contributed by atoms with Crippen molar-refractivity contribution in [2.45, 2.75) is 18.1 Å². The first-order valence-electron chi connectivity index (χ1n) is 7.78. The minimum absolute atomic E-state index is 0.0715. The SMILES string of the molecule is O=C(Cc1ccc(Cl)cc1)Nc1cc(CC2SC(=O)NC2=O)ccc1O. The normalized spacial score (nSPS) is 16.4. The van der Waals surface area contributed by atoms with Gasteiger partial charge in [0.2, 0.25) is 11.8 Å². The molecule has 0 radical (unpaired) electrons. The minimum Gasteiger partial charge on any atom is -0.506 e. The highest BCUT2D eigenvalue weighted by Crippen LogP contribution is 2.28. The maximum atomic E-state index is 12.2. The van der Waals surface area contributed by atoms with E-state index in [-0.39, 0.29) is 34.9 Å². The Hall–Kier alpha value is -2.51. The monoisotopic (exact) mass is 390 g/mol. The summed E-state index contributed by atoms with van der Waals surface area (Å²) >= 11 is 6.76. The zero-order valence-electron chi connectivity index (χ0n) is 13.5. The number of phenols is 1. The third-order valence-corrected chi connectivity index (χ3v) is 5.03. The molecule has 1 aliphatic heterocycles. The molecule has 2 aromatic rings. The van der Waals surface area contributed by atoms with Crippen LogP contribution in [0.3, 0.4) is 0 Å². The maximum absolute atomic E-state index is 12.2. The number of carbonyl (C=O) groups is 3. The van der Waals surface area contributed by atoms with E-state index in [2.05, 4.69) is 10.6 Å². The fourth-order valence-electron chi connectivity index (χ4n) is 2.53. The van der Waals surface area contributed by atoms with Gasteiger partial charge in [0.25, 0.3) is 5.24 Å². The van der Waals surface area contributed by atoms with Crippen molar-refractivity contribution in [3.05, 3.63) is 58.6 Å². The first-order chi connectivity index (χ1) is 12.4. The summed E-state index contributed by atoms with van der Waals surface area (Å²) < 4.78 is 0. The Kier molecular flexibility index (Phi) is 5.49. The Bertz CT molecular complexity index is 870. The molecule has 26 heavy (non-hydrogen) atoms. The summed E-state index contributed by atoms with van der Waals surface area (Å²) in [6.07, 6.45) is 0.457. The van der Waals surface area contributed by atoms with Gasteiger partial charge in [0.1, 0.15) is 5.75 Å². The largest absolute Gasteiger partial charge is 0.506 e. The average molecular weight is 391 g/mol. The Balaban J connectivity index is 1.67. The van der Waals surface area contributed by atoms with Crippen LogP contribution >= 0.6 is 23.4 Å². The number of thioether (sulfide) groups is 1. The molecule has 0 bridgehead atoms. The van der Waals surface area contributed by atoms with Gasteiger partial charge in [-0.25, -0.2) is 0 Å². The summed E-state index contributed by atoms with van der Waals surface area (Å²) in [5, 5.41) is 14.6. The third-order valence-electron chi connectivity index (χ3n) is 3.80. The van der Waals surface area contributed by atoms with E-state index >= 15 is 0 Å². The van der Waals surface area contributed by atoms with Gasteiger partial charge in [-0.3, -0.25) is 19.7 Å². The second kappa shape index (κ2) is 7.80. The third kappa shape index (κ3) is 4.56.